The third kappa shape index (κ3) is 2.89. The van der Waals surface area contributed by atoms with Gasteiger partial charge in [0.15, 0.2) is 17.5 Å². The fourth-order valence-electron chi connectivity index (χ4n) is 1.45. The van der Waals surface area contributed by atoms with E-state index in [0.29, 0.717) is 0 Å². The van der Waals surface area contributed by atoms with Gasteiger partial charge in [-0.3, -0.25) is 14.4 Å². The van der Waals surface area contributed by atoms with Crippen LogP contribution in [0.5, 0.6) is 0 Å². The van der Waals surface area contributed by atoms with Crippen LogP contribution in [-0.4, -0.2) is 24.6 Å². The summed E-state index contributed by atoms with van der Waals surface area (Å²) < 4.78 is 4.43. The van der Waals surface area contributed by atoms with E-state index in [1.165, 1.54) is 12.1 Å². The van der Waals surface area contributed by atoms with Gasteiger partial charge in [0.2, 0.25) is 0 Å². The first-order valence-corrected chi connectivity index (χ1v) is 5.72. The molecule has 1 rings (SSSR count). The molecule has 1 aromatic carbocycles. The minimum Gasteiger partial charge on any atom is -0.468 e. The Morgan fingerprint density at radius 1 is 1.17 bits per heavy atom. The van der Waals surface area contributed by atoms with Gasteiger partial charge in [-0.25, -0.2) is 0 Å². The smallest absolute Gasteiger partial charge is 0.324 e. The number of benzene rings is 1. The highest BCUT2D eigenvalue weighted by atomic mass is 35.5. The zero-order valence-corrected chi connectivity index (χ0v) is 11.2. The van der Waals surface area contributed by atoms with E-state index in [4.69, 9.17) is 23.2 Å². The molecule has 1 atom stereocenters. The summed E-state index contributed by atoms with van der Waals surface area (Å²) in [5.74, 6) is -3.84. The van der Waals surface area contributed by atoms with Crippen LogP contribution in [0.4, 0.5) is 0 Å². The summed E-state index contributed by atoms with van der Waals surface area (Å²) in [6.45, 7) is 1.13. The maximum atomic E-state index is 12.1. The highest BCUT2D eigenvalue weighted by Crippen LogP contribution is 2.27. The number of hydrogen-bond acceptors (Lipinski definition) is 4. The van der Waals surface area contributed by atoms with Gasteiger partial charge in [-0.15, -0.1) is 0 Å². The molecule has 0 aromatic heterocycles. The first-order chi connectivity index (χ1) is 8.40. The Kier molecular flexibility index (Phi) is 4.87. The summed E-state index contributed by atoms with van der Waals surface area (Å²) in [6, 6.07) is 4.46. The number of methoxy groups -OCH3 is 1. The topological polar surface area (TPSA) is 60.4 Å². The second-order valence-corrected chi connectivity index (χ2v) is 4.34. The summed E-state index contributed by atoms with van der Waals surface area (Å²) in [5.41, 5.74) is -0.0496. The molecular formula is C12H10Cl2O4. The molecule has 1 unspecified atom stereocenters. The molecule has 0 amide bonds. The average Bonchev–Trinajstić information content (AvgIpc) is 2.28. The lowest BCUT2D eigenvalue weighted by molar-refractivity contribution is -0.146. The third-order valence-electron chi connectivity index (χ3n) is 2.31. The number of rotatable bonds is 4. The van der Waals surface area contributed by atoms with E-state index in [0.717, 1.165) is 14.0 Å². The predicted molar refractivity (Wildman–Crippen MR) is 67.0 cm³/mol. The van der Waals surface area contributed by atoms with E-state index in [1.54, 1.807) is 6.07 Å². The summed E-state index contributed by atoms with van der Waals surface area (Å²) in [7, 11) is 1.10. The largest absolute Gasteiger partial charge is 0.468 e. The van der Waals surface area contributed by atoms with E-state index in [-0.39, 0.29) is 15.6 Å². The van der Waals surface area contributed by atoms with Crippen LogP contribution in [0, 0.1) is 5.92 Å². The number of hydrogen-bond donors (Lipinski definition) is 0. The van der Waals surface area contributed by atoms with Gasteiger partial charge in [-0.05, 0) is 19.1 Å². The summed E-state index contributed by atoms with van der Waals surface area (Å²) >= 11 is 11.7. The van der Waals surface area contributed by atoms with Crippen molar-refractivity contribution in [2.45, 2.75) is 6.92 Å². The van der Waals surface area contributed by atoms with Crippen molar-refractivity contribution in [1.82, 2.24) is 0 Å². The number of carbonyl (C=O) groups excluding carboxylic acids is 3. The third-order valence-corrected chi connectivity index (χ3v) is 2.94. The number of Topliss-reactive ketones (excluding diaryl/α,β-unsaturated/α-hetero) is 2. The van der Waals surface area contributed by atoms with Crippen molar-refractivity contribution in [1.29, 1.82) is 0 Å². The van der Waals surface area contributed by atoms with Crippen LogP contribution in [0.15, 0.2) is 18.2 Å². The Labute approximate surface area is 114 Å². The van der Waals surface area contributed by atoms with Crippen LogP contribution < -0.4 is 0 Å². The van der Waals surface area contributed by atoms with Crippen LogP contribution in [0.3, 0.4) is 0 Å². The van der Waals surface area contributed by atoms with Crippen molar-refractivity contribution in [2.75, 3.05) is 7.11 Å². The molecule has 6 heteroatoms. The number of carbonyl (C=O) groups is 3. The predicted octanol–water partition coefficient (Wildman–Crippen LogP) is 2.55. The molecule has 0 heterocycles. The van der Waals surface area contributed by atoms with E-state index in [2.05, 4.69) is 4.74 Å². The molecule has 96 valence electrons. The fourth-order valence-corrected chi connectivity index (χ4v) is 2.04. The van der Waals surface area contributed by atoms with E-state index in [1.807, 2.05) is 0 Å². The molecule has 0 aliphatic carbocycles. The van der Waals surface area contributed by atoms with Gasteiger partial charge < -0.3 is 4.74 Å². The van der Waals surface area contributed by atoms with Crippen molar-refractivity contribution in [3.63, 3.8) is 0 Å². The van der Waals surface area contributed by atoms with Crippen molar-refractivity contribution in [3.05, 3.63) is 33.8 Å². The Hall–Kier alpha value is -1.39. The van der Waals surface area contributed by atoms with Crippen molar-refractivity contribution in [3.8, 4) is 0 Å². The number of halogens is 2. The highest BCUT2D eigenvalue weighted by molar-refractivity contribution is 6.41. The molecule has 0 aliphatic rings. The maximum Gasteiger partial charge on any atom is 0.324 e. The Morgan fingerprint density at radius 2 is 1.67 bits per heavy atom. The molecule has 0 saturated carbocycles. The molecule has 0 saturated heterocycles. The number of ketones is 2. The minimum atomic E-state index is -1.53. The molecule has 0 spiro atoms. The second-order valence-electron chi connectivity index (χ2n) is 3.53. The van der Waals surface area contributed by atoms with Crippen molar-refractivity contribution >= 4 is 40.7 Å². The summed E-state index contributed by atoms with van der Waals surface area (Å²) in [4.78, 5) is 35.0. The number of ether oxygens (including phenoxy) is 1. The zero-order chi connectivity index (χ0) is 13.9. The molecule has 0 fully saturated rings. The summed E-state index contributed by atoms with van der Waals surface area (Å²) in [6.07, 6.45) is 0. The monoisotopic (exact) mass is 288 g/mol. The Morgan fingerprint density at radius 3 is 2.06 bits per heavy atom. The minimum absolute atomic E-state index is 0.0496. The zero-order valence-electron chi connectivity index (χ0n) is 9.70. The van der Waals surface area contributed by atoms with Crippen LogP contribution in [0.1, 0.15) is 17.3 Å². The molecular weight excluding hydrogens is 279 g/mol. The molecule has 4 nitrogen and oxygen atoms in total. The molecule has 0 radical (unpaired) electrons. The standard InChI is InChI=1S/C12H10Cl2O4/c1-6(15)9(12(17)18-2)11(16)10-7(13)4-3-5-8(10)14/h3-5,9H,1-2H3. The molecule has 0 aliphatic heterocycles. The Bertz CT molecular complexity index is 491. The van der Waals surface area contributed by atoms with Crippen LogP contribution in [0.25, 0.3) is 0 Å². The van der Waals surface area contributed by atoms with Crippen LogP contribution in [0.2, 0.25) is 10.0 Å². The van der Waals surface area contributed by atoms with Crippen LogP contribution >= 0.6 is 23.2 Å². The van der Waals surface area contributed by atoms with E-state index in [9.17, 15) is 14.4 Å². The van der Waals surface area contributed by atoms with Gasteiger partial charge >= 0.3 is 5.97 Å². The van der Waals surface area contributed by atoms with Gasteiger partial charge in [0.25, 0.3) is 0 Å². The van der Waals surface area contributed by atoms with Gasteiger partial charge in [0.1, 0.15) is 0 Å². The number of esters is 1. The first-order valence-electron chi connectivity index (χ1n) is 4.96. The SMILES string of the molecule is COC(=O)C(C(C)=O)C(=O)c1c(Cl)cccc1Cl. The van der Waals surface area contributed by atoms with Crippen molar-refractivity contribution < 1.29 is 19.1 Å². The average molecular weight is 289 g/mol. The normalized spacial score (nSPS) is 11.8. The lowest BCUT2D eigenvalue weighted by atomic mass is 9.94. The van der Waals surface area contributed by atoms with Crippen LogP contribution in [-0.2, 0) is 14.3 Å². The molecule has 0 bridgehead atoms. The first kappa shape index (κ1) is 14.7. The van der Waals surface area contributed by atoms with Gasteiger partial charge in [-0.2, -0.15) is 0 Å². The van der Waals surface area contributed by atoms with E-state index >= 15 is 0 Å². The maximum absolute atomic E-state index is 12.1. The fraction of sp³-hybridized carbons (Fsp3) is 0.250. The highest BCUT2D eigenvalue weighted by Gasteiger charge is 2.34. The van der Waals surface area contributed by atoms with Gasteiger partial charge in [0, 0.05) is 0 Å². The molecule has 0 N–H and O–H groups in total. The van der Waals surface area contributed by atoms with Crippen molar-refractivity contribution in [2.24, 2.45) is 5.92 Å². The second kappa shape index (κ2) is 5.98. The van der Waals surface area contributed by atoms with Gasteiger partial charge in [-0.1, -0.05) is 29.3 Å². The molecule has 1 aromatic rings. The summed E-state index contributed by atoms with van der Waals surface area (Å²) in [5, 5.41) is 0.172. The quantitative estimate of drug-likeness (QED) is 0.485. The lowest BCUT2D eigenvalue weighted by Crippen LogP contribution is -2.31. The Balaban J connectivity index is 3.27. The molecule has 18 heavy (non-hydrogen) atoms. The van der Waals surface area contributed by atoms with E-state index < -0.39 is 23.5 Å². The van der Waals surface area contributed by atoms with Gasteiger partial charge in [0.05, 0.1) is 22.7 Å². The lowest BCUT2D eigenvalue weighted by Gasteiger charge is -2.12.